The van der Waals surface area contributed by atoms with Gasteiger partial charge in [-0.2, -0.15) is 0 Å². The molecule has 2 amide bonds. The predicted molar refractivity (Wildman–Crippen MR) is 127 cm³/mol. The molecule has 2 heterocycles. The van der Waals surface area contributed by atoms with Gasteiger partial charge < -0.3 is 14.4 Å². The van der Waals surface area contributed by atoms with Crippen molar-refractivity contribution in [1.82, 2.24) is 19.4 Å². The Balaban J connectivity index is 1.62. The Hall–Kier alpha value is -2.37. The van der Waals surface area contributed by atoms with E-state index in [-0.39, 0.29) is 24.3 Å². The third-order valence-corrected chi connectivity index (χ3v) is 6.79. The maximum absolute atomic E-state index is 13.4. The van der Waals surface area contributed by atoms with Gasteiger partial charge in [-0.1, -0.05) is 52.7 Å². The summed E-state index contributed by atoms with van der Waals surface area (Å²) >= 11 is 0. The molecule has 2 fully saturated rings. The zero-order chi connectivity index (χ0) is 22.8. The van der Waals surface area contributed by atoms with E-state index in [0.717, 1.165) is 49.3 Å². The van der Waals surface area contributed by atoms with Crippen LogP contribution in [0.4, 0.5) is 0 Å². The van der Waals surface area contributed by atoms with Crippen molar-refractivity contribution in [3.8, 4) is 0 Å². The van der Waals surface area contributed by atoms with Crippen molar-refractivity contribution in [3.05, 3.63) is 30.1 Å². The summed E-state index contributed by atoms with van der Waals surface area (Å²) in [6.07, 6.45) is 5.16. The predicted octanol–water partition coefficient (Wildman–Crippen LogP) is 4.44. The lowest BCUT2D eigenvalue weighted by molar-refractivity contribution is -0.133. The molecule has 0 radical (unpaired) electrons. The summed E-state index contributed by atoms with van der Waals surface area (Å²) in [6, 6.07) is 8.42. The quantitative estimate of drug-likeness (QED) is 0.612. The van der Waals surface area contributed by atoms with Crippen LogP contribution in [0.3, 0.4) is 0 Å². The van der Waals surface area contributed by atoms with Gasteiger partial charge in [0.2, 0.25) is 11.8 Å². The van der Waals surface area contributed by atoms with E-state index in [1.165, 1.54) is 12.8 Å². The molecule has 6 nitrogen and oxygen atoms in total. The maximum atomic E-state index is 13.4. The first-order valence-electron chi connectivity index (χ1n) is 12.4. The average molecular weight is 439 g/mol. The van der Waals surface area contributed by atoms with Crippen molar-refractivity contribution in [1.29, 1.82) is 0 Å². The van der Waals surface area contributed by atoms with Crippen molar-refractivity contribution < 1.29 is 9.59 Å². The van der Waals surface area contributed by atoms with Gasteiger partial charge in [-0.15, -0.1) is 0 Å². The van der Waals surface area contributed by atoms with Crippen molar-refractivity contribution in [3.63, 3.8) is 0 Å². The molecule has 4 rings (SSSR count). The minimum Gasteiger partial charge on any atom is -0.341 e. The SMILES string of the molecule is CC(C)CN(CC(C)C)C(=O)Cn1c(C2CC(=O)N(C3CCCC3)C2)nc2ccccc21. The number of fused-ring (bicyclic) bond motifs is 1. The second-order valence-corrected chi connectivity index (χ2v) is 10.5. The highest BCUT2D eigenvalue weighted by atomic mass is 16.2. The molecule has 1 saturated heterocycles. The third kappa shape index (κ3) is 4.84. The topological polar surface area (TPSA) is 58.4 Å². The van der Waals surface area contributed by atoms with Crippen LogP contribution in [0.25, 0.3) is 11.0 Å². The van der Waals surface area contributed by atoms with Crippen LogP contribution in [0.2, 0.25) is 0 Å². The zero-order valence-electron chi connectivity index (χ0n) is 20.1. The van der Waals surface area contributed by atoms with Crippen molar-refractivity contribution in [2.24, 2.45) is 11.8 Å². The molecule has 1 atom stereocenters. The number of imidazole rings is 1. The average Bonchev–Trinajstić information content (AvgIpc) is 3.46. The van der Waals surface area contributed by atoms with Gasteiger partial charge in [-0.05, 0) is 36.8 Å². The van der Waals surface area contributed by atoms with Crippen LogP contribution in [0.1, 0.15) is 71.5 Å². The van der Waals surface area contributed by atoms with Gasteiger partial charge in [0.05, 0.1) is 11.0 Å². The molecule has 1 aromatic heterocycles. The largest absolute Gasteiger partial charge is 0.341 e. The first-order valence-corrected chi connectivity index (χ1v) is 12.4. The Morgan fingerprint density at radius 1 is 1.09 bits per heavy atom. The minimum absolute atomic E-state index is 0.0481. The Kier molecular flexibility index (Phi) is 6.87. The van der Waals surface area contributed by atoms with Gasteiger partial charge in [0.15, 0.2) is 0 Å². The van der Waals surface area contributed by atoms with Gasteiger partial charge in [-0.3, -0.25) is 9.59 Å². The second-order valence-electron chi connectivity index (χ2n) is 10.5. The molecule has 174 valence electrons. The van der Waals surface area contributed by atoms with Crippen molar-refractivity contribution in [2.45, 2.75) is 78.3 Å². The summed E-state index contributed by atoms with van der Waals surface area (Å²) < 4.78 is 2.08. The number of carbonyl (C=O) groups excluding carboxylic acids is 2. The first-order chi connectivity index (χ1) is 15.3. The van der Waals surface area contributed by atoms with Crippen LogP contribution < -0.4 is 0 Å². The lowest BCUT2D eigenvalue weighted by Gasteiger charge is -2.27. The van der Waals surface area contributed by atoms with Crippen molar-refractivity contribution in [2.75, 3.05) is 19.6 Å². The number of amides is 2. The van der Waals surface area contributed by atoms with E-state index in [2.05, 4.69) is 37.2 Å². The summed E-state index contributed by atoms with van der Waals surface area (Å²) in [5, 5.41) is 0. The Bertz CT molecular complexity index is 948. The molecule has 6 heteroatoms. The van der Waals surface area contributed by atoms with Crippen LogP contribution in [0.5, 0.6) is 0 Å². The van der Waals surface area contributed by atoms with Gasteiger partial charge in [-0.25, -0.2) is 4.98 Å². The van der Waals surface area contributed by atoms with Crippen molar-refractivity contribution >= 4 is 22.8 Å². The summed E-state index contributed by atoms with van der Waals surface area (Å²) in [4.78, 5) is 35.3. The molecule has 0 spiro atoms. The zero-order valence-corrected chi connectivity index (χ0v) is 20.1. The maximum Gasteiger partial charge on any atom is 0.242 e. The lowest BCUT2D eigenvalue weighted by Crippen LogP contribution is -2.39. The summed E-state index contributed by atoms with van der Waals surface area (Å²) in [7, 11) is 0. The normalized spacial score (nSPS) is 19.8. The van der Waals surface area contributed by atoms with E-state index in [1.807, 2.05) is 29.2 Å². The highest BCUT2D eigenvalue weighted by Crippen LogP contribution is 2.35. The number of carbonyl (C=O) groups is 2. The number of hydrogen-bond donors (Lipinski definition) is 0. The molecule has 2 aromatic rings. The van der Waals surface area contributed by atoms with Crippen LogP contribution in [-0.2, 0) is 16.1 Å². The monoisotopic (exact) mass is 438 g/mol. The van der Waals surface area contributed by atoms with Gasteiger partial charge in [0.25, 0.3) is 0 Å². The van der Waals surface area contributed by atoms with Gasteiger partial charge in [0.1, 0.15) is 12.4 Å². The Labute approximate surface area is 192 Å². The van der Waals surface area contributed by atoms with Gasteiger partial charge >= 0.3 is 0 Å². The highest BCUT2D eigenvalue weighted by molar-refractivity contribution is 5.83. The Morgan fingerprint density at radius 2 is 1.75 bits per heavy atom. The number of nitrogens with zero attached hydrogens (tertiary/aromatic N) is 4. The minimum atomic E-state index is 0.0481. The number of para-hydroxylation sites is 2. The number of hydrogen-bond acceptors (Lipinski definition) is 3. The molecule has 0 N–H and O–H groups in total. The molecular weight excluding hydrogens is 400 g/mol. The van der Waals surface area contributed by atoms with E-state index in [9.17, 15) is 9.59 Å². The van der Waals surface area contributed by atoms with E-state index in [4.69, 9.17) is 4.98 Å². The summed E-state index contributed by atoms with van der Waals surface area (Å²) in [6.45, 7) is 11.1. The highest BCUT2D eigenvalue weighted by Gasteiger charge is 2.38. The smallest absolute Gasteiger partial charge is 0.242 e. The Morgan fingerprint density at radius 3 is 2.41 bits per heavy atom. The van der Waals surface area contributed by atoms with Crippen LogP contribution >= 0.6 is 0 Å². The molecule has 1 saturated carbocycles. The molecule has 1 aromatic carbocycles. The van der Waals surface area contributed by atoms with E-state index in [0.29, 0.717) is 24.3 Å². The molecule has 32 heavy (non-hydrogen) atoms. The number of rotatable bonds is 8. The van der Waals surface area contributed by atoms with Crippen LogP contribution in [0, 0.1) is 11.8 Å². The van der Waals surface area contributed by atoms with E-state index in [1.54, 1.807) is 0 Å². The standard InChI is InChI=1S/C26H38N4O2/c1-18(2)14-28(15-19(3)4)25(32)17-30-23-12-8-7-11-22(23)27-26(30)20-13-24(31)29(16-20)21-9-5-6-10-21/h7-8,11-12,18-21H,5-6,9-10,13-17H2,1-4H3. The summed E-state index contributed by atoms with van der Waals surface area (Å²) in [5.41, 5.74) is 1.89. The van der Waals surface area contributed by atoms with E-state index < -0.39 is 0 Å². The molecule has 2 aliphatic rings. The number of aromatic nitrogens is 2. The third-order valence-electron chi connectivity index (χ3n) is 6.79. The molecule has 0 bridgehead atoms. The van der Waals surface area contributed by atoms with Crippen LogP contribution in [-0.4, -0.2) is 56.8 Å². The molecule has 1 unspecified atom stereocenters. The fourth-order valence-corrected chi connectivity index (χ4v) is 5.44. The van der Waals surface area contributed by atoms with E-state index >= 15 is 0 Å². The van der Waals surface area contributed by atoms with Crippen LogP contribution in [0.15, 0.2) is 24.3 Å². The summed E-state index contributed by atoms with van der Waals surface area (Å²) in [5.74, 6) is 2.16. The fraction of sp³-hybridized carbons (Fsp3) is 0.654. The molecular formula is C26H38N4O2. The molecule has 1 aliphatic carbocycles. The van der Waals surface area contributed by atoms with Gasteiger partial charge in [0, 0.05) is 38.0 Å². The molecule has 1 aliphatic heterocycles. The number of benzene rings is 1. The fourth-order valence-electron chi connectivity index (χ4n) is 5.44. The second kappa shape index (κ2) is 9.63. The lowest BCUT2D eigenvalue weighted by atomic mass is 10.1. The number of likely N-dealkylation sites (tertiary alicyclic amines) is 1. The first kappa shape index (κ1) is 22.8.